The Morgan fingerprint density at radius 3 is 2.65 bits per heavy atom. The van der Waals surface area contributed by atoms with Crippen LogP contribution < -0.4 is 5.73 Å². The number of aromatic amines is 1. The van der Waals surface area contributed by atoms with E-state index in [0.717, 1.165) is 6.26 Å². The number of benzene rings is 1. The van der Waals surface area contributed by atoms with Crippen molar-refractivity contribution in [1.82, 2.24) is 10.2 Å². The summed E-state index contributed by atoms with van der Waals surface area (Å²) in [6.07, 6.45) is 2.57. The average molecular weight is 272 g/mol. The second-order valence-electron chi connectivity index (χ2n) is 3.58. The zero-order chi connectivity index (χ0) is 12.6. The highest BCUT2D eigenvalue weighted by molar-refractivity contribution is 7.90. The number of aromatic nitrogens is 2. The van der Waals surface area contributed by atoms with Crippen molar-refractivity contribution in [3.05, 3.63) is 29.4 Å². The molecule has 0 saturated carbocycles. The van der Waals surface area contributed by atoms with Crippen LogP contribution in [0.15, 0.2) is 29.3 Å². The van der Waals surface area contributed by atoms with Gasteiger partial charge in [-0.1, -0.05) is 17.7 Å². The van der Waals surface area contributed by atoms with Crippen molar-refractivity contribution in [2.45, 2.75) is 4.90 Å². The molecular weight excluding hydrogens is 262 g/mol. The number of nitrogens with one attached hydrogen (secondary N) is 1. The average Bonchev–Trinajstić information content (AvgIpc) is 2.62. The minimum Gasteiger partial charge on any atom is -0.384 e. The van der Waals surface area contributed by atoms with Gasteiger partial charge < -0.3 is 5.73 Å². The fourth-order valence-corrected chi connectivity index (χ4v) is 2.82. The van der Waals surface area contributed by atoms with Crippen LogP contribution in [0.5, 0.6) is 0 Å². The lowest BCUT2D eigenvalue weighted by molar-refractivity contribution is 0.602. The fourth-order valence-electron chi connectivity index (χ4n) is 1.57. The molecule has 0 atom stereocenters. The molecular formula is C10H10ClN3O2S. The summed E-state index contributed by atoms with van der Waals surface area (Å²) in [5.41, 5.74) is 6.54. The Bertz CT molecular complexity index is 664. The number of nitrogens with zero attached hydrogens (tertiary/aromatic N) is 1. The highest BCUT2D eigenvalue weighted by Crippen LogP contribution is 2.36. The first-order valence-corrected chi connectivity index (χ1v) is 6.96. The molecule has 3 N–H and O–H groups in total. The summed E-state index contributed by atoms with van der Waals surface area (Å²) in [5, 5.41) is 6.63. The van der Waals surface area contributed by atoms with Gasteiger partial charge in [0.15, 0.2) is 9.84 Å². The molecule has 0 saturated heterocycles. The van der Waals surface area contributed by atoms with Crippen molar-refractivity contribution in [2.24, 2.45) is 0 Å². The van der Waals surface area contributed by atoms with Gasteiger partial charge in [0.25, 0.3) is 0 Å². The number of hydrogen-bond donors (Lipinski definition) is 2. The highest BCUT2D eigenvalue weighted by Gasteiger charge is 2.19. The summed E-state index contributed by atoms with van der Waals surface area (Å²) in [6.45, 7) is 0. The van der Waals surface area contributed by atoms with Crippen molar-refractivity contribution < 1.29 is 8.42 Å². The van der Waals surface area contributed by atoms with Crippen LogP contribution >= 0.6 is 11.6 Å². The molecule has 0 unspecified atom stereocenters. The molecule has 5 nitrogen and oxygen atoms in total. The Morgan fingerprint density at radius 1 is 1.41 bits per heavy atom. The van der Waals surface area contributed by atoms with Gasteiger partial charge in [-0.3, -0.25) is 5.10 Å². The number of sulfone groups is 1. The van der Waals surface area contributed by atoms with Crippen LogP contribution in [0, 0.1) is 0 Å². The van der Waals surface area contributed by atoms with Gasteiger partial charge in [0, 0.05) is 22.4 Å². The summed E-state index contributed by atoms with van der Waals surface area (Å²) >= 11 is 6.04. The van der Waals surface area contributed by atoms with Crippen molar-refractivity contribution >= 4 is 27.3 Å². The lowest BCUT2D eigenvalue weighted by Gasteiger charge is -2.08. The lowest BCUT2D eigenvalue weighted by Crippen LogP contribution is -2.01. The second kappa shape index (κ2) is 4.05. The molecule has 2 rings (SSSR count). The van der Waals surface area contributed by atoms with Gasteiger partial charge >= 0.3 is 0 Å². The maximum atomic E-state index is 11.7. The van der Waals surface area contributed by atoms with E-state index in [9.17, 15) is 8.42 Å². The summed E-state index contributed by atoms with van der Waals surface area (Å²) in [7, 11) is -3.38. The van der Waals surface area contributed by atoms with E-state index in [1.807, 2.05) is 0 Å². The third-order valence-corrected chi connectivity index (χ3v) is 3.77. The molecule has 1 heterocycles. The van der Waals surface area contributed by atoms with Crippen molar-refractivity contribution in [3.8, 4) is 11.1 Å². The van der Waals surface area contributed by atoms with E-state index in [2.05, 4.69) is 10.2 Å². The smallest absolute Gasteiger partial charge is 0.176 e. The molecule has 2 aromatic rings. The number of halogens is 1. The molecule has 0 bridgehead atoms. The van der Waals surface area contributed by atoms with E-state index in [4.69, 9.17) is 17.3 Å². The zero-order valence-electron chi connectivity index (χ0n) is 8.94. The van der Waals surface area contributed by atoms with Crippen molar-refractivity contribution in [3.63, 3.8) is 0 Å². The molecule has 90 valence electrons. The minimum absolute atomic E-state index is 0.137. The molecule has 0 spiro atoms. The summed E-state index contributed by atoms with van der Waals surface area (Å²) < 4.78 is 23.4. The van der Waals surface area contributed by atoms with E-state index >= 15 is 0 Å². The molecule has 17 heavy (non-hydrogen) atoms. The van der Waals surface area contributed by atoms with Crippen LogP contribution in [0.4, 0.5) is 5.82 Å². The van der Waals surface area contributed by atoms with E-state index in [1.165, 1.54) is 12.3 Å². The predicted molar refractivity (Wildman–Crippen MR) is 66.6 cm³/mol. The minimum atomic E-state index is -3.38. The SMILES string of the molecule is CS(=O)(=O)c1cccc(Cl)c1-c1cn[nH]c1N. The third kappa shape index (κ3) is 2.13. The molecule has 0 aliphatic heterocycles. The van der Waals surface area contributed by atoms with Gasteiger partial charge in [-0.15, -0.1) is 0 Å². The molecule has 1 aromatic heterocycles. The van der Waals surface area contributed by atoms with Crippen LogP contribution in [-0.4, -0.2) is 24.9 Å². The number of nitrogens with two attached hydrogens (primary N) is 1. The Balaban J connectivity index is 2.82. The number of hydrogen-bond acceptors (Lipinski definition) is 4. The maximum Gasteiger partial charge on any atom is 0.176 e. The van der Waals surface area contributed by atoms with Crippen molar-refractivity contribution in [1.29, 1.82) is 0 Å². The highest BCUT2D eigenvalue weighted by atomic mass is 35.5. The van der Waals surface area contributed by atoms with Gasteiger partial charge in [0.2, 0.25) is 0 Å². The van der Waals surface area contributed by atoms with Gasteiger partial charge in [-0.25, -0.2) is 8.42 Å². The van der Waals surface area contributed by atoms with Gasteiger partial charge in [0.1, 0.15) is 5.82 Å². The zero-order valence-corrected chi connectivity index (χ0v) is 10.5. The standard InChI is InChI=1S/C10H10ClN3O2S/c1-17(15,16)8-4-2-3-7(11)9(8)6-5-13-14-10(6)12/h2-5H,1H3,(H3,12,13,14). The third-order valence-electron chi connectivity index (χ3n) is 2.31. The van der Waals surface area contributed by atoms with Crippen LogP contribution in [0.2, 0.25) is 5.02 Å². The first-order valence-electron chi connectivity index (χ1n) is 4.69. The summed E-state index contributed by atoms with van der Waals surface area (Å²) in [4.78, 5) is 0.137. The van der Waals surface area contributed by atoms with E-state index < -0.39 is 9.84 Å². The Hall–Kier alpha value is -1.53. The number of nitrogen functional groups attached to an aromatic ring is 1. The quantitative estimate of drug-likeness (QED) is 0.870. The lowest BCUT2D eigenvalue weighted by atomic mass is 10.1. The predicted octanol–water partition coefficient (Wildman–Crippen LogP) is 1.72. The largest absolute Gasteiger partial charge is 0.384 e. The molecule has 0 radical (unpaired) electrons. The van der Waals surface area contributed by atoms with Crippen molar-refractivity contribution in [2.75, 3.05) is 12.0 Å². The summed E-state index contributed by atoms with van der Waals surface area (Å²) in [5.74, 6) is 0.281. The molecule has 7 heteroatoms. The number of H-pyrrole nitrogens is 1. The molecule has 1 aromatic carbocycles. The van der Waals surface area contributed by atoms with Gasteiger partial charge in [-0.05, 0) is 12.1 Å². The van der Waals surface area contributed by atoms with E-state index in [0.29, 0.717) is 16.1 Å². The monoisotopic (exact) mass is 271 g/mol. The number of rotatable bonds is 2. The van der Waals surface area contributed by atoms with Crippen LogP contribution in [-0.2, 0) is 9.84 Å². The Kier molecular flexibility index (Phi) is 2.84. The molecule has 0 aliphatic rings. The fraction of sp³-hybridized carbons (Fsp3) is 0.100. The van der Waals surface area contributed by atoms with E-state index in [-0.39, 0.29) is 10.7 Å². The normalized spacial score (nSPS) is 11.6. The second-order valence-corrected chi connectivity index (χ2v) is 5.97. The number of anilines is 1. The van der Waals surface area contributed by atoms with Crippen LogP contribution in [0.1, 0.15) is 0 Å². The Morgan fingerprint density at radius 2 is 2.12 bits per heavy atom. The first kappa shape index (κ1) is 11.9. The maximum absolute atomic E-state index is 11.7. The van der Waals surface area contributed by atoms with Crippen LogP contribution in [0.3, 0.4) is 0 Å². The summed E-state index contributed by atoms with van der Waals surface area (Å²) in [6, 6.07) is 4.68. The van der Waals surface area contributed by atoms with Gasteiger partial charge in [0.05, 0.1) is 11.1 Å². The van der Waals surface area contributed by atoms with Gasteiger partial charge in [-0.2, -0.15) is 5.10 Å². The molecule has 0 aliphatic carbocycles. The van der Waals surface area contributed by atoms with E-state index in [1.54, 1.807) is 12.1 Å². The Labute approximate surface area is 104 Å². The molecule has 0 fully saturated rings. The topological polar surface area (TPSA) is 88.8 Å². The van der Waals surface area contributed by atoms with Crippen LogP contribution in [0.25, 0.3) is 11.1 Å². The first-order chi connectivity index (χ1) is 7.91. The molecule has 0 amide bonds.